The Labute approximate surface area is 121 Å². The van der Waals surface area contributed by atoms with Gasteiger partial charge in [0.05, 0.1) is 5.56 Å². The molecule has 0 unspecified atom stereocenters. The Hall–Kier alpha value is -2.06. The first kappa shape index (κ1) is 12.9. The lowest BCUT2D eigenvalue weighted by Gasteiger charge is -2.08. The molecule has 0 aliphatic heterocycles. The molecule has 2 nitrogen and oxygen atoms in total. The molecule has 0 saturated carbocycles. The first-order valence-electron chi connectivity index (χ1n) is 6.36. The minimum Gasteiger partial charge on any atom is -0.422 e. The van der Waals surface area contributed by atoms with Crippen molar-refractivity contribution in [2.24, 2.45) is 0 Å². The predicted octanol–water partition coefficient (Wildman–Crippen LogP) is 4.73. The molecule has 3 heteroatoms. The van der Waals surface area contributed by atoms with E-state index in [4.69, 9.17) is 16.0 Å². The first-order valence-corrected chi connectivity index (χ1v) is 6.74. The van der Waals surface area contributed by atoms with Crippen LogP contribution in [-0.2, 0) is 0 Å². The third-order valence-corrected chi connectivity index (χ3v) is 3.71. The standard InChI is InChI=1S/C17H13ClO2/c1-10-3-8-15-14(9-10)11(2)16(17(19)20-15)12-4-6-13(18)7-5-12/h3-9H,1-2H3. The normalized spacial score (nSPS) is 10.9. The Morgan fingerprint density at radius 3 is 2.40 bits per heavy atom. The number of halogens is 1. The monoisotopic (exact) mass is 284 g/mol. The van der Waals surface area contributed by atoms with E-state index in [0.29, 0.717) is 16.2 Å². The molecule has 20 heavy (non-hydrogen) atoms. The zero-order valence-electron chi connectivity index (χ0n) is 11.2. The van der Waals surface area contributed by atoms with Crippen LogP contribution in [0.3, 0.4) is 0 Å². The van der Waals surface area contributed by atoms with Crippen LogP contribution in [-0.4, -0.2) is 0 Å². The molecule has 0 spiro atoms. The molecule has 3 rings (SSSR count). The van der Waals surface area contributed by atoms with Gasteiger partial charge in [-0.2, -0.15) is 0 Å². The molecule has 0 aliphatic carbocycles. The van der Waals surface area contributed by atoms with Gasteiger partial charge in [-0.1, -0.05) is 35.4 Å². The largest absolute Gasteiger partial charge is 0.422 e. The van der Waals surface area contributed by atoms with E-state index >= 15 is 0 Å². The summed E-state index contributed by atoms with van der Waals surface area (Å²) in [6.45, 7) is 3.97. The van der Waals surface area contributed by atoms with Crippen molar-refractivity contribution in [1.82, 2.24) is 0 Å². The average Bonchev–Trinajstić information content (AvgIpc) is 2.42. The van der Waals surface area contributed by atoms with Crippen LogP contribution in [0.2, 0.25) is 5.02 Å². The van der Waals surface area contributed by atoms with E-state index in [1.165, 1.54) is 0 Å². The van der Waals surface area contributed by atoms with Crippen LogP contribution in [0.1, 0.15) is 11.1 Å². The lowest BCUT2D eigenvalue weighted by atomic mass is 9.99. The van der Waals surface area contributed by atoms with Crippen LogP contribution in [0.15, 0.2) is 51.7 Å². The minimum absolute atomic E-state index is 0.318. The molecule has 0 aliphatic rings. The summed E-state index contributed by atoms with van der Waals surface area (Å²) in [5.74, 6) is 0. The number of aryl methyl sites for hydroxylation is 2. The molecule has 0 fully saturated rings. The van der Waals surface area contributed by atoms with Gasteiger partial charge in [0, 0.05) is 10.4 Å². The van der Waals surface area contributed by atoms with Crippen molar-refractivity contribution in [3.05, 3.63) is 69.0 Å². The van der Waals surface area contributed by atoms with Crippen molar-refractivity contribution in [3.63, 3.8) is 0 Å². The minimum atomic E-state index is -0.318. The quantitative estimate of drug-likeness (QED) is 0.605. The van der Waals surface area contributed by atoms with Crippen LogP contribution < -0.4 is 5.63 Å². The highest BCUT2D eigenvalue weighted by Gasteiger charge is 2.13. The van der Waals surface area contributed by atoms with E-state index in [-0.39, 0.29) is 5.63 Å². The Balaban J connectivity index is 2.35. The number of benzene rings is 2. The van der Waals surface area contributed by atoms with Gasteiger partial charge in [-0.05, 0) is 49.2 Å². The smallest absolute Gasteiger partial charge is 0.344 e. The summed E-state index contributed by atoms with van der Waals surface area (Å²) >= 11 is 5.89. The van der Waals surface area contributed by atoms with Crippen molar-refractivity contribution in [2.75, 3.05) is 0 Å². The Morgan fingerprint density at radius 1 is 1.00 bits per heavy atom. The average molecular weight is 285 g/mol. The molecule has 3 aromatic rings. The number of rotatable bonds is 1. The zero-order chi connectivity index (χ0) is 14.3. The van der Waals surface area contributed by atoms with Gasteiger partial charge in [-0.15, -0.1) is 0 Å². The highest BCUT2D eigenvalue weighted by atomic mass is 35.5. The van der Waals surface area contributed by atoms with Gasteiger partial charge in [0.1, 0.15) is 5.58 Å². The van der Waals surface area contributed by atoms with Gasteiger partial charge in [-0.3, -0.25) is 0 Å². The number of hydrogen-bond acceptors (Lipinski definition) is 2. The molecule has 1 heterocycles. The second-order valence-electron chi connectivity index (χ2n) is 4.90. The van der Waals surface area contributed by atoms with E-state index in [2.05, 4.69) is 0 Å². The highest BCUT2D eigenvalue weighted by Crippen LogP contribution is 2.27. The van der Waals surface area contributed by atoms with Gasteiger partial charge in [0.15, 0.2) is 0 Å². The molecule has 0 bridgehead atoms. The summed E-state index contributed by atoms with van der Waals surface area (Å²) < 4.78 is 5.42. The first-order chi connectivity index (χ1) is 9.56. The van der Waals surface area contributed by atoms with Crippen LogP contribution in [0, 0.1) is 13.8 Å². The van der Waals surface area contributed by atoms with E-state index in [9.17, 15) is 4.79 Å². The molecule has 100 valence electrons. The molecular formula is C17H13ClO2. The molecule has 0 saturated heterocycles. The highest BCUT2D eigenvalue weighted by molar-refractivity contribution is 6.30. The maximum atomic E-state index is 12.2. The second kappa shape index (κ2) is 4.80. The van der Waals surface area contributed by atoms with E-state index in [1.807, 2.05) is 44.2 Å². The predicted molar refractivity (Wildman–Crippen MR) is 82.4 cm³/mol. The fourth-order valence-electron chi connectivity index (χ4n) is 2.42. The summed E-state index contributed by atoms with van der Waals surface area (Å²) in [4.78, 5) is 12.2. The summed E-state index contributed by atoms with van der Waals surface area (Å²) in [7, 11) is 0. The van der Waals surface area contributed by atoms with Gasteiger partial charge in [0.25, 0.3) is 0 Å². The summed E-state index contributed by atoms with van der Waals surface area (Å²) in [6.07, 6.45) is 0. The molecular weight excluding hydrogens is 272 g/mol. The molecule has 0 atom stereocenters. The Morgan fingerprint density at radius 2 is 1.70 bits per heavy atom. The molecule has 2 aromatic carbocycles. The second-order valence-corrected chi connectivity index (χ2v) is 5.33. The third-order valence-electron chi connectivity index (χ3n) is 3.45. The van der Waals surface area contributed by atoms with E-state index in [0.717, 1.165) is 22.1 Å². The SMILES string of the molecule is Cc1ccc2oc(=O)c(-c3ccc(Cl)cc3)c(C)c2c1. The van der Waals surface area contributed by atoms with Crippen molar-refractivity contribution in [2.45, 2.75) is 13.8 Å². The number of fused-ring (bicyclic) bond motifs is 1. The Kier molecular flexibility index (Phi) is 3.11. The lowest BCUT2D eigenvalue weighted by Crippen LogP contribution is -2.06. The van der Waals surface area contributed by atoms with Gasteiger partial charge in [-0.25, -0.2) is 4.79 Å². The van der Waals surface area contributed by atoms with Gasteiger partial charge in [0.2, 0.25) is 0 Å². The van der Waals surface area contributed by atoms with Gasteiger partial charge >= 0.3 is 5.63 Å². The van der Waals surface area contributed by atoms with Crippen LogP contribution in [0.5, 0.6) is 0 Å². The van der Waals surface area contributed by atoms with Crippen LogP contribution in [0.4, 0.5) is 0 Å². The van der Waals surface area contributed by atoms with Crippen LogP contribution in [0.25, 0.3) is 22.1 Å². The van der Waals surface area contributed by atoms with E-state index in [1.54, 1.807) is 12.1 Å². The zero-order valence-corrected chi connectivity index (χ0v) is 12.0. The topological polar surface area (TPSA) is 30.2 Å². The lowest BCUT2D eigenvalue weighted by molar-refractivity contribution is 0.562. The van der Waals surface area contributed by atoms with E-state index < -0.39 is 0 Å². The van der Waals surface area contributed by atoms with Crippen molar-refractivity contribution in [3.8, 4) is 11.1 Å². The Bertz CT molecular complexity index is 845. The fourth-order valence-corrected chi connectivity index (χ4v) is 2.54. The van der Waals surface area contributed by atoms with Crippen molar-refractivity contribution >= 4 is 22.6 Å². The van der Waals surface area contributed by atoms with Crippen molar-refractivity contribution < 1.29 is 4.42 Å². The summed E-state index contributed by atoms with van der Waals surface area (Å²) in [5, 5.41) is 1.61. The van der Waals surface area contributed by atoms with Gasteiger partial charge < -0.3 is 4.42 Å². The third kappa shape index (κ3) is 2.12. The summed E-state index contributed by atoms with van der Waals surface area (Å²) in [6, 6.07) is 13.0. The fraction of sp³-hybridized carbons (Fsp3) is 0.118. The molecule has 1 aromatic heterocycles. The number of hydrogen-bond donors (Lipinski definition) is 0. The van der Waals surface area contributed by atoms with Crippen molar-refractivity contribution in [1.29, 1.82) is 0 Å². The molecule has 0 N–H and O–H groups in total. The summed E-state index contributed by atoms with van der Waals surface area (Å²) in [5.41, 5.74) is 3.79. The maximum Gasteiger partial charge on any atom is 0.344 e. The van der Waals surface area contributed by atoms with Crippen LogP contribution >= 0.6 is 11.6 Å². The molecule has 0 radical (unpaired) electrons. The maximum absolute atomic E-state index is 12.2. The molecule has 0 amide bonds.